The molecular formula is C17H27N3O2. The van der Waals surface area contributed by atoms with Gasteiger partial charge in [0, 0.05) is 0 Å². The van der Waals surface area contributed by atoms with E-state index < -0.39 is 6.03 Å². The van der Waals surface area contributed by atoms with Crippen molar-refractivity contribution in [1.82, 2.24) is 5.43 Å². The number of hydrogen-bond donors (Lipinski definition) is 3. The maximum Gasteiger partial charge on any atom is 0.332 e. The van der Waals surface area contributed by atoms with Crippen LogP contribution >= 0.6 is 0 Å². The van der Waals surface area contributed by atoms with Crippen LogP contribution in [-0.2, 0) is 0 Å². The molecule has 1 rings (SSSR count). The lowest BCUT2D eigenvalue weighted by atomic mass is 10.0. The Labute approximate surface area is 132 Å². The van der Waals surface area contributed by atoms with Gasteiger partial charge in [-0.25, -0.2) is 10.2 Å². The highest BCUT2D eigenvalue weighted by Gasteiger charge is 2.05. The number of nitrogens with zero attached hydrogens (tertiary/aromatic N) is 1. The number of nitrogens with one attached hydrogen (secondary N) is 1. The molecule has 0 unspecified atom stereocenters. The summed E-state index contributed by atoms with van der Waals surface area (Å²) in [5.41, 5.74) is 9.03. The normalized spacial score (nSPS) is 11.4. The van der Waals surface area contributed by atoms with Crippen molar-refractivity contribution in [3.63, 3.8) is 0 Å². The molecule has 5 heteroatoms. The lowest BCUT2D eigenvalue weighted by Gasteiger charge is -2.07. The molecule has 122 valence electrons. The molecule has 4 N–H and O–H groups in total. The molecule has 1 aromatic carbocycles. The first-order valence-electron chi connectivity index (χ1n) is 8.05. The number of unbranched alkanes of at least 4 members (excludes halogenated alkanes) is 6. The number of hydrogen-bond acceptors (Lipinski definition) is 3. The summed E-state index contributed by atoms with van der Waals surface area (Å²) in [6, 6.07) is 6.13. The quantitative estimate of drug-likeness (QED) is 0.348. The third kappa shape index (κ3) is 7.67. The fraction of sp³-hybridized carbons (Fsp3) is 0.529. The summed E-state index contributed by atoms with van der Waals surface area (Å²) in [6.07, 6.45) is 9.32. The molecule has 0 saturated heterocycles. The summed E-state index contributed by atoms with van der Waals surface area (Å²) >= 11 is 0. The highest BCUT2D eigenvalue weighted by atomic mass is 16.3. The first kappa shape index (κ1) is 18.0. The molecule has 0 radical (unpaired) electrons. The van der Waals surface area contributed by atoms with Crippen LogP contribution in [0, 0.1) is 0 Å². The fourth-order valence-corrected chi connectivity index (χ4v) is 2.29. The van der Waals surface area contributed by atoms with E-state index in [4.69, 9.17) is 5.73 Å². The Morgan fingerprint density at radius 3 is 2.27 bits per heavy atom. The first-order chi connectivity index (χ1) is 10.6. The van der Waals surface area contributed by atoms with E-state index >= 15 is 0 Å². The third-order valence-electron chi connectivity index (χ3n) is 3.52. The zero-order valence-corrected chi connectivity index (χ0v) is 13.3. The molecule has 0 spiro atoms. The maximum absolute atomic E-state index is 10.8. The van der Waals surface area contributed by atoms with Crippen molar-refractivity contribution in [2.45, 2.75) is 58.3 Å². The highest BCUT2D eigenvalue weighted by Crippen LogP contribution is 2.15. The van der Waals surface area contributed by atoms with E-state index in [9.17, 15) is 9.90 Å². The van der Waals surface area contributed by atoms with Crippen LogP contribution in [-0.4, -0.2) is 16.8 Å². The van der Waals surface area contributed by atoms with E-state index in [0.717, 1.165) is 30.5 Å². The number of benzene rings is 1. The smallest absolute Gasteiger partial charge is 0.332 e. The van der Waals surface area contributed by atoms with Crippen LogP contribution in [0.25, 0.3) is 0 Å². The molecule has 0 heterocycles. The minimum atomic E-state index is -0.671. The topological polar surface area (TPSA) is 87.7 Å². The summed E-state index contributed by atoms with van der Waals surface area (Å²) < 4.78 is 0. The number of amides is 2. The Hall–Kier alpha value is -2.04. The summed E-state index contributed by atoms with van der Waals surface area (Å²) in [6.45, 7) is 2.21. The third-order valence-corrected chi connectivity index (χ3v) is 3.52. The van der Waals surface area contributed by atoms with E-state index in [-0.39, 0.29) is 5.75 Å². The van der Waals surface area contributed by atoms with Gasteiger partial charge in [-0.05, 0) is 42.7 Å². The van der Waals surface area contributed by atoms with Crippen molar-refractivity contribution in [2.75, 3.05) is 0 Å². The van der Waals surface area contributed by atoms with Gasteiger partial charge in [0.15, 0.2) is 0 Å². The monoisotopic (exact) mass is 305 g/mol. The van der Waals surface area contributed by atoms with Crippen LogP contribution in [0.5, 0.6) is 5.75 Å². The summed E-state index contributed by atoms with van der Waals surface area (Å²) in [7, 11) is 0. The van der Waals surface area contributed by atoms with Crippen molar-refractivity contribution in [3.05, 3.63) is 29.8 Å². The van der Waals surface area contributed by atoms with Gasteiger partial charge >= 0.3 is 6.03 Å². The van der Waals surface area contributed by atoms with E-state index in [2.05, 4.69) is 17.5 Å². The number of rotatable bonds is 10. The lowest BCUT2D eigenvalue weighted by Crippen LogP contribution is -2.26. The van der Waals surface area contributed by atoms with Gasteiger partial charge in [0.25, 0.3) is 0 Å². The molecule has 0 saturated carbocycles. The number of phenolic OH excluding ortho intramolecular Hbond substituents is 1. The summed E-state index contributed by atoms with van der Waals surface area (Å²) in [5, 5.41) is 13.4. The van der Waals surface area contributed by atoms with Crippen LogP contribution < -0.4 is 11.2 Å². The number of primary amides is 1. The maximum atomic E-state index is 10.8. The van der Waals surface area contributed by atoms with E-state index in [0.29, 0.717) is 0 Å². The molecule has 0 aromatic heterocycles. The van der Waals surface area contributed by atoms with Crippen LogP contribution in [0.2, 0.25) is 0 Å². The van der Waals surface area contributed by atoms with E-state index in [1.807, 2.05) is 0 Å². The van der Waals surface area contributed by atoms with Crippen LogP contribution in [0.1, 0.15) is 63.9 Å². The van der Waals surface area contributed by atoms with Gasteiger partial charge in [-0.1, -0.05) is 45.4 Å². The number of urea groups is 1. The second-order valence-electron chi connectivity index (χ2n) is 5.45. The largest absolute Gasteiger partial charge is 0.508 e. The van der Waals surface area contributed by atoms with Gasteiger partial charge in [0.1, 0.15) is 5.75 Å². The molecule has 0 bridgehead atoms. The second-order valence-corrected chi connectivity index (χ2v) is 5.45. The Balaban J connectivity index is 2.47. The molecule has 0 aliphatic rings. The van der Waals surface area contributed by atoms with Gasteiger partial charge in [0.05, 0.1) is 5.71 Å². The molecule has 1 aromatic rings. The van der Waals surface area contributed by atoms with Crippen molar-refractivity contribution >= 4 is 11.7 Å². The fourth-order valence-electron chi connectivity index (χ4n) is 2.29. The SMILES string of the molecule is CCCCCCCCC/C(=N/NC(N)=O)c1ccc(O)cc1. The molecule has 2 amide bonds. The average molecular weight is 305 g/mol. The Kier molecular flexibility index (Phi) is 8.72. The van der Waals surface area contributed by atoms with Crippen molar-refractivity contribution in [2.24, 2.45) is 10.8 Å². The number of carbonyl (C=O) groups is 1. The number of phenols is 1. The predicted molar refractivity (Wildman–Crippen MR) is 90.0 cm³/mol. The lowest BCUT2D eigenvalue weighted by molar-refractivity contribution is 0.249. The zero-order chi connectivity index (χ0) is 16.2. The van der Waals surface area contributed by atoms with E-state index in [1.54, 1.807) is 24.3 Å². The van der Waals surface area contributed by atoms with Gasteiger partial charge in [0.2, 0.25) is 0 Å². The highest BCUT2D eigenvalue weighted by molar-refractivity contribution is 6.01. The van der Waals surface area contributed by atoms with Gasteiger partial charge in [-0.2, -0.15) is 5.10 Å². The Morgan fingerprint density at radius 2 is 1.68 bits per heavy atom. The standard InChI is InChI=1S/C17H27N3O2/c1-2-3-4-5-6-7-8-9-16(19-20-17(18)22)14-10-12-15(21)13-11-14/h10-13,21H,2-9H2,1H3,(H3,18,20,22)/b19-16-. The Morgan fingerprint density at radius 1 is 1.09 bits per heavy atom. The van der Waals surface area contributed by atoms with Crippen LogP contribution in [0.15, 0.2) is 29.4 Å². The van der Waals surface area contributed by atoms with Gasteiger partial charge in [-0.15, -0.1) is 0 Å². The predicted octanol–water partition coefficient (Wildman–Crippen LogP) is 3.91. The molecule has 22 heavy (non-hydrogen) atoms. The number of carbonyl (C=O) groups excluding carboxylic acids is 1. The summed E-state index contributed by atoms with van der Waals surface area (Å²) in [5.74, 6) is 0.210. The molecule has 0 fully saturated rings. The van der Waals surface area contributed by atoms with E-state index in [1.165, 1.54) is 32.1 Å². The van der Waals surface area contributed by atoms with Gasteiger partial charge in [-0.3, -0.25) is 0 Å². The average Bonchev–Trinajstić information content (AvgIpc) is 2.50. The van der Waals surface area contributed by atoms with Crippen molar-refractivity contribution < 1.29 is 9.90 Å². The summed E-state index contributed by atoms with van der Waals surface area (Å²) in [4.78, 5) is 10.8. The molecular weight excluding hydrogens is 278 g/mol. The van der Waals surface area contributed by atoms with Crippen LogP contribution in [0.4, 0.5) is 4.79 Å². The Bertz CT molecular complexity index is 469. The molecule has 5 nitrogen and oxygen atoms in total. The minimum absolute atomic E-state index is 0.210. The number of hydrazone groups is 1. The molecule has 0 aliphatic carbocycles. The van der Waals surface area contributed by atoms with Crippen molar-refractivity contribution in [3.8, 4) is 5.75 Å². The van der Waals surface area contributed by atoms with Gasteiger partial charge < -0.3 is 10.8 Å². The van der Waals surface area contributed by atoms with Crippen molar-refractivity contribution in [1.29, 1.82) is 0 Å². The first-order valence-corrected chi connectivity index (χ1v) is 8.05. The number of aromatic hydroxyl groups is 1. The molecule has 0 atom stereocenters. The van der Waals surface area contributed by atoms with Crippen LogP contribution in [0.3, 0.4) is 0 Å². The molecule has 0 aliphatic heterocycles. The zero-order valence-electron chi connectivity index (χ0n) is 13.3. The minimum Gasteiger partial charge on any atom is -0.508 e. The number of nitrogens with two attached hydrogens (primary N) is 1. The second kappa shape index (κ2) is 10.7.